The van der Waals surface area contributed by atoms with E-state index in [2.05, 4.69) is 39.1 Å². The van der Waals surface area contributed by atoms with Crippen molar-refractivity contribution in [1.82, 2.24) is 19.8 Å². The number of aromatic nitrogens is 2. The predicted molar refractivity (Wildman–Crippen MR) is 105 cm³/mol. The smallest absolute Gasteiger partial charge is 0.257 e. The topological polar surface area (TPSA) is 58.6 Å². The van der Waals surface area contributed by atoms with Gasteiger partial charge in [0.2, 0.25) is 0 Å². The van der Waals surface area contributed by atoms with Crippen molar-refractivity contribution in [2.45, 2.75) is 37.3 Å². The first-order chi connectivity index (χ1) is 13.7. The molecule has 0 radical (unpaired) electrons. The number of carbonyl (C=O) groups excluding carboxylic acids is 1. The Hall–Kier alpha value is -2.31. The van der Waals surface area contributed by atoms with Crippen LogP contribution in [0.2, 0.25) is 0 Å². The minimum Gasteiger partial charge on any atom is -0.371 e. The van der Waals surface area contributed by atoms with Crippen LogP contribution in [0.3, 0.4) is 0 Å². The second kappa shape index (κ2) is 7.26. The molecule has 2 saturated heterocycles. The number of morpholine rings is 1. The molecule has 0 N–H and O–H groups in total. The van der Waals surface area contributed by atoms with Gasteiger partial charge in [-0.05, 0) is 36.8 Å². The van der Waals surface area contributed by atoms with E-state index >= 15 is 0 Å². The number of nitrogens with zero attached hydrogens (tertiary/aromatic N) is 4. The number of hydrogen-bond donors (Lipinski definition) is 0. The lowest BCUT2D eigenvalue weighted by Crippen LogP contribution is -2.59. The summed E-state index contributed by atoms with van der Waals surface area (Å²) >= 11 is 0. The number of likely N-dealkylation sites (tertiary alicyclic amines) is 1. The average molecular weight is 378 g/mol. The summed E-state index contributed by atoms with van der Waals surface area (Å²) in [6.45, 7) is 3.98. The Morgan fingerprint density at radius 2 is 1.71 bits per heavy atom. The van der Waals surface area contributed by atoms with E-state index in [0.29, 0.717) is 31.3 Å². The predicted octanol–water partition coefficient (Wildman–Crippen LogP) is 1.95. The number of carbonyl (C=O) groups is 1. The van der Waals surface area contributed by atoms with Gasteiger partial charge in [-0.1, -0.05) is 24.3 Å². The molecular formula is C22H26N4O2. The van der Waals surface area contributed by atoms with E-state index in [1.54, 1.807) is 12.4 Å². The Balaban J connectivity index is 1.22. The number of piperidine rings is 1. The van der Waals surface area contributed by atoms with Crippen molar-refractivity contribution in [3.05, 3.63) is 59.7 Å². The van der Waals surface area contributed by atoms with Crippen LogP contribution in [0, 0.1) is 0 Å². The van der Waals surface area contributed by atoms with Gasteiger partial charge >= 0.3 is 0 Å². The van der Waals surface area contributed by atoms with Gasteiger partial charge in [0.05, 0.1) is 24.3 Å². The quantitative estimate of drug-likeness (QED) is 0.800. The van der Waals surface area contributed by atoms with E-state index in [0.717, 1.165) is 38.8 Å². The lowest BCUT2D eigenvalue weighted by Gasteiger charge is -2.48. The van der Waals surface area contributed by atoms with Crippen LogP contribution in [0.5, 0.6) is 0 Å². The van der Waals surface area contributed by atoms with Crippen LogP contribution in [0.4, 0.5) is 0 Å². The van der Waals surface area contributed by atoms with Gasteiger partial charge in [0.15, 0.2) is 0 Å². The average Bonchev–Trinajstić information content (AvgIpc) is 3.19. The zero-order chi connectivity index (χ0) is 19.0. The van der Waals surface area contributed by atoms with Gasteiger partial charge < -0.3 is 9.64 Å². The van der Waals surface area contributed by atoms with Crippen molar-refractivity contribution in [3.8, 4) is 0 Å². The maximum absolute atomic E-state index is 12.8. The zero-order valence-corrected chi connectivity index (χ0v) is 16.1. The highest BCUT2D eigenvalue weighted by molar-refractivity contribution is 5.93. The zero-order valence-electron chi connectivity index (χ0n) is 16.1. The highest BCUT2D eigenvalue weighted by Crippen LogP contribution is 2.34. The molecule has 1 aliphatic carbocycles. The molecule has 3 heterocycles. The number of amides is 1. The first-order valence-electron chi connectivity index (χ1n) is 10.2. The maximum atomic E-state index is 12.8. The second-order valence-corrected chi connectivity index (χ2v) is 8.25. The number of hydrogen-bond acceptors (Lipinski definition) is 5. The summed E-state index contributed by atoms with van der Waals surface area (Å²) in [7, 11) is 0. The van der Waals surface area contributed by atoms with Crippen LogP contribution in [0.15, 0.2) is 43.0 Å². The minimum atomic E-state index is -0.203. The molecule has 1 aromatic carbocycles. The fourth-order valence-corrected chi connectivity index (χ4v) is 5.00. The summed E-state index contributed by atoms with van der Waals surface area (Å²) < 4.78 is 6.24. The van der Waals surface area contributed by atoms with E-state index in [4.69, 9.17) is 4.74 Å². The number of ether oxygens (including phenoxy) is 1. The number of benzene rings is 1. The van der Waals surface area contributed by atoms with Gasteiger partial charge in [0.25, 0.3) is 5.91 Å². The van der Waals surface area contributed by atoms with E-state index in [1.807, 2.05) is 4.90 Å². The van der Waals surface area contributed by atoms with E-state index in [9.17, 15) is 4.79 Å². The summed E-state index contributed by atoms with van der Waals surface area (Å²) in [5, 5.41) is 0. The SMILES string of the molecule is O=C(c1cncnc1)N1CCOC2(CCN(C3Cc4ccccc4C3)CC2)C1. The van der Waals surface area contributed by atoms with Crippen molar-refractivity contribution in [3.63, 3.8) is 0 Å². The molecule has 2 aliphatic heterocycles. The van der Waals surface area contributed by atoms with Crippen molar-refractivity contribution >= 4 is 5.91 Å². The summed E-state index contributed by atoms with van der Waals surface area (Å²) in [6.07, 6.45) is 8.92. The van der Waals surface area contributed by atoms with Crippen LogP contribution in [-0.4, -0.2) is 70.1 Å². The van der Waals surface area contributed by atoms with E-state index in [1.165, 1.54) is 17.5 Å². The molecule has 1 aromatic heterocycles. The minimum absolute atomic E-state index is 0.0111. The molecular weight excluding hydrogens is 352 g/mol. The molecule has 2 aromatic rings. The molecule has 28 heavy (non-hydrogen) atoms. The Kier molecular flexibility index (Phi) is 4.61. The molecule has 2 fully saturated rings. The van der Waals surface area contributed by atoms with E-state index < -0.39 is 0 Å². The highest BCUT2D eigenvalue weighted by atomic mass is 16.5. The van der Waals surface area contributed by atoms with Crippen LogP contribution < -0.4 is 0 Å². The molecule has 3 aliphatic rings. The Morgan fingerprint density at radius 1 is 1.04 bits per heavy atom. The largest absolute Gasteiger partial charge is 0.371 e. The van der Waals surface area contributed by atoms with Gasteiger partial charge in [-0.25, -0.2) is 9.97 Å². The molecule has 1 amide bonds. The standard InChI is InChI=1S/C22H26N4O2/c27-21(19-13-23-16-24-14-19)26-9-10-28-22(15-26)5-7-25(8-6-22)20-11-17-3-1-2-4-18(17)12-20/h1-4,13-14,16,20H,5-12,15H2. The highest BCUT2D eigenvalue weighted by Gasteiger charge is 2.42. The third-order valence-corrected chi connectivity index (χ3v) is 6.60. The molecule has 146 valence electrons. The molecule has 1 spiro atoms. The third-order valence-electron chi connectivity index (χ3n) is 6.60. The lowest BCUT2D eigenvalue weighted by molar-refractivity contribution is -0.130. The number of rotatable bonds is 2. The molecule has 0 unspecified atom stereocenters. The normalized spacial score (nSPS) is 22.4. The van der Waals surface area contributed by atoms with Crippen molar-refractivity contribution in [2.24, 2.45) is 0 Å². The number of fused-ring (bicyclic) bond motifs is 1. The maximum Gasteiger partial charge on any atom is 0.257 e. The van der Waals surface area contributed by atoms with Crippen molar-refractivity contribution in [2.75, 3.05) is 32.8 Å². The molecule has 6 nitrogen and oxygen atoms in total. The molecule has 5 rings (SSSR count). The van der Waals surface area contributed by atoms with Crippen LogP contribution in [0.1, 0.15) is 34.3 Å². The first kappa shape index (κ1) is 17.8. The summed E-state index contributed by atoms with van der Waals surface area (Å²) in [4.78, 5) is 25.3. The Bertz CT molecular complexity index is 824. The fraction of sp³-hybridized carbons (Fsp3) is 0.500. The fourth-order valence-electron chi connectivity index (χ4n) is 5.00. The van der Waals surface area contributed by atoms with Crippen molar-refractivity contribution < 1.29 is 9.53 Å². The summed E-state index contributed by atoms with van der Waals surface area (Å²) in [6, 6.07) is 9.43. The summed E-state index contributed by atoms with van der Waals surface area (Å²) in [5.41, 5.74) is 3.36. The molecule has 0 atom stereocenters. The third kappa shape index (κ3) is 3.31. The van der Waals surface area contributed by atoms with Gasteiger partial charge in [-0.3, -0.25) is 9.69 Å². The Labute approximate surface area is 165 Å². The molecule has 0 bridgehead atoms. The van der Waals surface area contributed by atoms with Gasteiger partial charge in [0.1, 0.15) is 6.33 Å². The van der Waals surface area contributed by atoms with Gasteiger partial charge in [-0.2, -0.15) is 0 Å². The first-order valence-corrected chi connectivity index (χ1v) is 10.2. The lowest BCUT2D eigenvalue weighted by atomic mass is 9.88. The Morgan fingerprint density at radius 3 is 2.39 bits per heavy atom. The second-order valence-electron chi connectivity index (χ2n) is 8.25. The van der Waals surface area contributed by atoms with Crippen LogP contribution >= 0.6 is 0 Å². The van der Waals surface area contributed by atoms with Crippen LogP contribution in [0.25, 0.3) is 0 Å². The molecule has 6 heteroatoms. The monoisotopic (exact) mass is 378 g/mol. The van der Waals surface area contributed by atoms with Crippen molar-refractivity contribution in [1.29, 1.82) is 0 Å². The van der Waals surface area contributed by atoms with E-state index in [-0.39, 0.29) is 11.5 Å². The van der Waals surface area contributed by atoms with Gasteiger partial charge in [0, 0.05) is 38.1 Å². The van der Waals surface area contributed by atoms with Crippen LogP contribution in [-0.2, 0) is 17.6 Å². The molecule has 0 saturated carbocycles. The van der Waals surface area contributed by atoms with Gasteiger partial charge in [-0.15, -0.1) is 0 Å². The summed E-state index contributed by atoms with van der Waals surface area (Å²) in [5.74, 6) is 0.0111.